The third-order valence-electron chi connectivity index (χ3n) is 2.62. The lowest BCUT2D eigenvalue weighted by molar-refractivity contribution is 0.659. The summed E-state index contributed by atoms with van der Waals surface area (Å²) in [6.45, 7) is 5.51. The molecule has 96 valence electrons. The van der Waals surface area contributed by atoms with Crippen molar-refractivity contribution in [1.29, 1.82) is 0 Å². The van der Waals surface area contributed by atoms with Crippen LogP contribution >= 0.6 is 23.2 Å². The summed E-state index contributed by atoms with van der Waals surface area (Å²) < 4.78 is 1.88. The van der Waals surface area contributed by atoms with Crippen LogP contribution in [-0.4, -0.2) is 14.8 Å². The number of nitrogens with zero attached hydrogens (tertiary/aromatic N) is 3. The average molecular weight is 285 g/mol. The third-order valence-corrected chi connectivity index (χ3v) is 3.09. The van der Waals surface area contributed by atoms with E-state index in [1.807, 2.05) is 30.9 Å². The van der Waals surface area contributed by atoms with Gasteiger partial charge < -0.3 is 5.32 Å². The number of hydrogen-bond donors (Lipinski definition) is 1. The van der Waals surface area contributed by atoms with Crippen LogP contribution < -0.4 is 5.32 Å². The van der Waals surface area contributed by atoms with E-state index in [0.717, 1.165) is 23.4 Å². The van der Waals surface area contributed by atoms with Crippen LogP contribution in [0.1, 0.15) is 18.1 Å². The van der Waals surface area contributed by atoms with E-state index in [1.54, 1.807) is 6.07 Å². The van der Waals surface area contributed by atoms with Gasteiger partial charge >= 0.3 is 0 Å². The summed E-state index contributed by atoms with van der Waals surface area (Å²) in [5.74, 6) is 0. The highest BCUT2D eigenvalue weighted by atomic mass is 35.5. The minimum absolute atomic E-state index is 0.392. The molecule has 4 nitrogen and oxygen atoms in total. The van der Waals surface area contributed by atoms with Crippen LogP contribution in [0.15, 0.2) is 18.5 Å². The summed E-state index contributed by atoms with van der Waals surface area (Å²) >= 11 is 11.9. The lowest BCUT2D eigenvalue weighted by Crippen LogP contribution is -2.02. The molecule has 0 aromatic carbocycles. The zero-order chi connectivity index (χ0) is 13.1. The van der Waals surface area contributed by atoms with E-state index in [4.69, 9.17) is 23.2 Å². The molecule has 18 heavy (non-hydrogen) atoms. The molecule has 0 bridgehead atoms. The van der Waals surface area contributed by atoms with Gasteiger partial charge in [-0.2, -0.15) is 5.10 Å². The number of pyridine rings is 1. The fourth-order valence-electron chi connectivity index (χ4n) is 1.67. The van der Waals surface area contributed by atoms with Crippen molar-refractivity contribution in [2.45, 2.75) is 26.9 Å². The van der Waals surface area contributed by atoms with Crippen molar-refractivity contribution in [3.05, 3.63) is 39.9 Å². The smallest absolute Gasteiger partial charge is 0.154 e. The van der Waals surface area contributed by atoms with Crippen LogP contribution in [0.3, 0.4) is 0 Å². The van der Waals surface area contributed by atoms with Gasteiger partial charge in [0.05, 0.1) is 11.9 Å². The Morgan fingerprint density at radius 2 is 2.17 bits per heavy atom. The molecule has 0 amide bonds. The fraction of sp³-hybridized carbons (Fsp3) is 0.333. The zero-order valence-corrected chi connectivity index (χ0v) is 11.8. The molecule has 0 aliphatic heterocycles. The molecule has 2 aromatic heterocycles. The molecule has 2 rings (SSSR count). The Morgan fingerprint density at radius 1 is 1.39 bits per heavy atom. The maximum absolute atomic E-state index is 6.05. The van der Waals surface area contributed by atoms with Crippen LogP contribution in [0.25, 0.3) is 0 Å². The topological polar surface area (TPSA) is 42.7 Å². The van der Waals surface area contributed by atoms with Crippen molar-refractivity contribution in [3.63, 3.8) is 0 Å². The summed E-state index contributed by atoms with van der Waals surface area (Å²) in [6.07, 6.45) is 3.84. The van der Waals surface area contributed by atoms with Crippen molar-refractivity contribution in [1.82, 2.24) is 14.8 Å². The number of aromatic nitrogens is 3. The number of rotatable bonds is 4. The molecule has 0 atom stereocenters. The summed E-state index contributed by atoms with van der Waals surface area (Å²) in [6, 6.07) is 1.78. The van der Waals surface area contributed by atoms with E-state index in [0.29, 0.717) is 16.9 Å². The van der Waals surface area contributed by atoms with Crippen molar-refractivity contribution in [3.8, 4) is 0 Å². The Kier molecular flexibility index (Phi) is 4.09. The van der Waals surface area contributed by atoms with Gasteiger partial charge in [0.1, 0.15) is 5.15 Å². The highest BCUT2D eigenvalue weighted by Crippen LogP contribution is 2.26. The second-order valence-corrected chi connectivity index (χ2v) is 4.73. The Labute approximate surface area is 116 Å². The third kappa shape index (κ3) is 2.94. The molecule has 1 N–H and O–H groups in total. The summed E-state index contributed by atoms with van der Waals surface area (Å²) in [4.78, 5) is 4.02. The van der Waals surface area contributed by atoms with Crippen LogP contribution in [0.2, 0.25) is 10.3 Å². The van der Waals surface area contributed by atoms with Gasteiger partial charge in [-0.15, -0.1) is 0 Å². The quantitative estimate of drug-likeness (QED) is 0.874. The highest BCUT2D eigenvalue weighted by Gasteiger charge is 2.07. The normalized spacial score (nSPS) is 10.7. The predicted molar refractivity (Wildman–Crippen MR) is 74.2 cm³/mol. The van der Waals surface area contributed by atoms with Gasteiger partial charge in [0.15, 0.2) is 5.15 Å². The molecule has 0 radical (unpaired) electrons. The van der Waals surface area contributed by atoms with Gasteiger partial charge in [-0.25, -0.2) is 4.98 Å². The first-order valence-corrected chi connectivity index (χ1v) is 6.43. The SMILES string of the molecule is CCn1cc(CNc2c(C)cc(Cl)nc2Cl)cn1. The maximum Gasteiger partial charge on any atom is 0.154 e. The first-order chi connectivity index (χ1) is 8.60. The second kappa shape index (κ2) is 5.59. The average Bonchev–Trinajstić information content (AvgIpc) is 2.75. The molecular formula is C12H14Cl2N4. The van der Waals surface area contributed by atoms with Crippen molar-refractivity contribution < 1.29 is 0 Å². The molecule has 6 heteroatoms. The molecule has 0 saturated carbocycles. The van der Waals surface area contributed by atoms with Gasteiger partial charge in [-0.1, -0.05) is 23.2 Å². The standard InChI is InChI=1S/C12H14Cl2N4/c1-3-18-7-9(6-16-18)5-15-11-8(2)4-10(13)17-12(11)14/h4,6-7,15H,3,5H2,1-2H3. The van der Waals surface area contributed by atoms with Crippen molar-refractivity contribution in [2.24, 2.45) is 0 Å². The first kappa shape index (κ1) is 13.2. The van der Waals surface area contributed by atoms with E-state index in [2.05, 4.69) is 15.4 Å². The van der Waals surface area contributed by atoms with E-state index in [1.165, 1.54) is 0 Å². The van der Waals surface area contributed by atoms with Gasteiger partial charge in [-0.3, -0.25) is 4.68 Å². The van der Waals surface area contributed by atoms with Crippen molar-refractivity contribution in [2.75, 3.05) is 5.32 Å². The predicted octanol–water partition coefficient (Wildman–Crippen LogP) is 3.53. The van der Waals surface area contributed by atoms with Crippen LogP contribution in [0.4, 0.5) is 5.69 Å². The Morgan fingerprint density at radius 3 is 2.78 bits per heavy atom. The lowest BCUT2D eigenvalue weighted by atomic mass is 10.2. The number of aryl methyl sites for hydroxylation is 2. The molecule has 0 saturated heterocycles. The number of anilines is 1. The molecule has 2 heterocycles. The van der Waals surface area contributed by atoms with E-state index in [9.17, 15) is 0 Å². The number of nitrogens with one attached hydrogen (secondary N) is 1. The zero-order valence-electron chi connectivity index (χ0n) is 10.2. The van der Waals surface area contributed by atoms with Gasteiger partial charge in [0.2, 0.25) is 0 Å². The van der Waals surface area contributed by atoms with Crippen LogP contribution in [0, 0.1) is 6.92 Å². The Bertz CT molecular complexity index is 528. The summed E-state index contributed by atoms with van der Waals surface area (Å²) in [5.41, 5.74) is 2.88. The van der Waals surface area contributed by atoms with Crippen LogP contribution in [0.5, 0.6) is 0 Å². The minimum Gasteiger partial charge on any atom is -0.378 e. The highest BCUT2D eigenvalue weighted by molar-refractivity contribution is 6.34. The second-order valence-electron chi connectivity index (χ2n) is 3.99. The van der Waals surface area contributed by atoms with Gasteiger partial charge in [0.25, 0.3) is 0 Å². The summed E-state index contributed by atoms with van der Waals surface area (Å²) in [5, 5.41) is 8.26. The molecule has 0 aliphatic rings. The van der Waals surface area contributed by atoms with E-state index < -0.39 is 0 Å². The lowest BCUT2D eigenvalue weighted by Gasteiger charge is -2.10. The molecule has 0 spiro atoms. The first-order valence-electron chi connectivity index (χ1n) is 5.68. The molecule has 0 aliphatic carbocycles. The van der Waals surface area contributed by atoms with Crippen molar-refractivity contribution >= 4 is 28.9 Å². The van der Waals surface area contributed by atoms with E-state index >= 15 is 0 Å². The fourth-order valence-corrected chi connectivity index (χ4v) is 2.27. The molecular weight excluding hydrogens is 271 g/mol. The van der Waals surface area contributed by atoms with E-state index in [-0.39, 0.29) is 0 Å². The van der Waals surface area contributed by atoms with Gasteiger partial charge in [0, 0.05) is 24.8 Å². The van der Waals surface area contributed by atoms with Gasteiger partial charge in [-0.05, 0) is 25.5 Å². The Balaban J connectivity index is 2.10. The largest absolute Gasteiger partial charge is 0.378 e. The monoisotopic (exact) mass is 284 g/mol. The Hall–Kier alpha value is -1.26. The van der Waals surface area contributed by atoms with Crippen LogP contribution in [-0.2, 0) is 13.1 Å². The number of hydrogen-bond acceptors (Lipinski definition) is 3. The maximum atomic E-state index is 6.05. The number of halogens is 2. The minimum atomic E-state index is 0.392. The molecule has 0 unspecified atom stereocenters. The molecule has 0 fully saturated rings. The summed E-state index contributed by atoms with van der Waals surface area (Å²) in [7, 11) is 0. The molecule has 2 aromatic rings.